The first-order chi connectivity index (χ1) is 12.1. The molecular weight excluding hydrogens is 310 g/mol. The van der Waals surface area contributed by atoms with Gasteiger partial charge in [0.05, 0.1) is 0 Å². The molecule has 1 fully saturated rings. The largest absolute Gasteiger partial charge is 0.385 e. The summed E-state index contributed by atoms with van der Waals surface area (Å²) in [6.45, 7) is 7.06. The number of hydrogen-bond donors (Lipinski definition) is 2. The highest BCUT2D eigenvalue weighted by Gasteiger charge is 2.11. The van der Waals surface area contributed by atoms with Crippen LogP contribution in [-0.2, 0) is 4.79 Å². The van der Waals surface area contributed by atoms with Crippen molar-refractivity contribution in [3.63, 3.8) is 0 Å². The van der Waals surface area contributed by atoms with Crippen molar-refractivity contribution in [2.24, 2.45) is 0 Å². The number of nitrogens with zero attached hydrogens (tertiary/aromatic N) is 1. The van der Waals surface area contributed by atoms with Gasteiger partial charge in [0.1, 0.15) is 0 Å². The third-order valence-corrected chi connectivity index (χ3v) is 4.81. The molecule has 25 heavy (non-hydrogen) atoms. The maximum Gasteiger partial charge on any atom is 0.226 e. The van der Waals surface area contributed by atoms with Crippen molar-refractivity contribution in [3.8, 4) is 0 Å². The van der Waals surface area contributed by atoms with Gasteiger partial charge in [-0.2, -0.15) is 0 Å². The molecular formula is C21H27N3O. The zero-order valence-electron chi connectivity index (χ0n) is 15.1. The van der Waals surface area contributed by atoms with Crippen molar-refractivity contribution < 1.29 is 4.79 Å². The molecule has 0 aliphatic carbocycles. The van der Waals surface area contributed by atoms with Crippen molar-refractivity contribution in [2.75, 3.05) is 35.2 Å². The maximum absolute atomic E-state index is 12.1. The lowest BCUT2D eigenvalue weighted by Crippen LogP contribution is -2.18. The first-order valence-electron chi connectivity index (χ1n) is 9.08. The Morgan fingerprint density at radius 3 is 2.32 bits per heavy atom. The standard InChI is InChI=1S/C21H27N3O/c1-16-5-6-19(15-17(16)2)23-21(25)11-12-22-18-7-9-20(10-8-18)24-13-3-4-14-24/h5-10,15,22H,3-4,11-14H2,1-2H3,(H,23,25). The smallest absolute Gasteiger partial charge is 0.226 e. The molecule has 1 aliphatic heterocycles. The highest BCUT2D eigenvalue weighted by atomic mass is 16.1. The van der Waals surface area contributed by atoms with Crippen LogP contribution < -0.4 is 15.5 Å². The summed E-state index contributed by atoms with van der Waals surface area (Å²) in [5, 5.41) is 6.28. The van der Waals surface area contributed by atoms with Gasteiger partial charge in [0.2, 0.25) is 5.91 Å². The fraction of sp³-hybridized carbons (Fsp3) is 0.381. The molecule has 4 nitrogen and oxygen atoms in total. The second kappa shape index (κ2) is 8.06. The molecule has 3 rings (SSSR count). The third kappa shape index (κ3) is 4.75. The number of nitrogens with one attached hydrogen (secondary N) is 2. The number of rotatable bonds is 6. The van der Waals surface area contributed by atoms with Crippen LogP contribution in [0.2, 0.25) is 0 Å². The van der Waals surface area contributed by atoms with Gasteiger partial charge in [0.15, 0.2) is 0 Å². The molecule has 0 unspecified atom stereocenters. The number of anilines is 3. The summed E-state index contributed by atoms with van der Waals surface area (Å²) in [4.78, 5) is 14.5. The molecule has 1 saturated heterocycles. The molecule has 0 aromatic heterocycles. The van der Waals surface area contributed by atoms with Gasteiger partial charge in [-0.1, -0.05) is 6.07 Å². The normalized spacial score (nSPS) is 13.8. The Balaban J connectivity index is 1.44. The first kappa shape index (κ1) is 17.3. The monoisotopic (exact) mass is 337 g/mol. The van der Waals surface area contributed by atoms with Crippen molar-refractivity contribution in [1.82, 2.24) is 0 Å². The molecule has 2 aromatic carbocycles. The van der Waals surface area contributed by atoms with E-state index in [1.165, 1.54) is 29.7 Å². The minimum absolute atomic E-state index is 0.0319. The van der Waals surface area contributed by atoms with Gasteiger partial charge in [-0.3, -0.25) is 4.79 Å². The van der Waals surface area contributed by atoms with E-state index in [2.05, 4.69) is 53.6 Å². The topological polar surface area (TPSA) is 44.4 Å². The van der Waals surface area contributed by atoms with Crippen molar-refractivity contribution in [3.05, 3.63) is 53.6 Å². The number of amides is 1. The molecule has 0 spiro atoms. The fourth-order valence-electron chi connectivity index (χ4n) is 3.13. The Kier molecular flexibility index (Phi) is 5.59. The second-order valence-corrected chi connectivity index (χ2v) is 6.77. The lowest BCUT2D eigenvalue weighted by Gasteiger charge is -2.18. The lowest BCUT2D eigenvalue weighted by atomic mass is 10.1. The third-order valence-electron chi connectivity index (χ3n) is 4.81. The van der Waals surface area contributed by atoms with Gasteiger partial charge in [-0.25, -0.2) is 0 Å². The van der Waals surface area contributed by atoms with E-state index in [0.29, 0.717) is 13.0 Å². The molecule has 132 valence electrons. The van der Waals surface area contributed by atoms with Gasteiger partial charge in [0.25, 0.3) is 0 Å². The summed E-state index contributed by atoms with van der Waals surface area (Å²) in [5.74, 6) is 0.0319. The van der Waals surface area contributed by atoms with E-state index in [0.717, 1.165) is 24.5 Å². The highest BCUT2D eigenvalue weighted by Crippen LogP contribution is 2.22. The van der Waals surface area contributed by atoms with Crippen LogP contribution in [-0.4, -0.2) is 25.5 Å². The lowest BCUT2D eigenvalue weighted by molar-refractivity contribution is -0.115. The van der Waals surface area contributed by atoms with Crippen molar-refractivity contribution >= 4 is 23.0 Å². The number of aryl methyl sites for hydroxylation is 2. The van der Waals surface area contributed by atoms with E-state index in [4.69, 9.17) is 0 Å². The van der Waals surface area contributed by atoms with E-state index in [1.54, 1.807) is 0 Å². The summed E-state index contributed by atoms with van der Waals surface area (Å²) < 4.78 is 0. The van der Waals surface area contributed by atoms with Gasteiger partial charge >= 0.3 is 0 Å². The van der Waals surface area contributed by atoms with Crippen LogP contribution in [0.5, 0.6) is 0 Å². The van der Waals surface area contributed by atoms with Crippen LogP contribution in [0.15, 0.2) is 42.5 Å². The average molecular weight is 337 g/mol. The quantitative estimate of drug-likeness (QED) is 0.824. The Labute approximate surface area is 150 Å². The zero-order valence-corrected chi connectivity index (χ0v) is 15.1. The molecule has 4 heteroatoms. The van der Waals surface area contributed by atoms with Gasteiger partial charge in [0, 0.05) is 43.1 Å². The number of benzene rings is 2. The van der Waals surface area contributed by atoms with E-state index < -0.39 is 0 Å². The van der Waals surface area contributed by atoms with Crippen LogP contribution in [0.25, 0.3) is 0 Å². The Morgan fingerprint density at radius 2 is 1.64 bits per heavy atom. The number of carbonyl (C=O) groups is 1. The molecule has 1 amide bonds. The predicted molar refractivity (Wildman–Crippen MR) is 106 cm³/mol. The first-order valence-corrected chi connectivity index (χ1v) is 9.08. The minimum atomic E-state index is 0.0319. The Hall–Kier alpha value is -2.49. The van der Waals surface area contributed by atoms with E-state index in [9.17, 15) is 4.79 Å². The minimum Gasteiger partial charge on any atom is -0.385 e. The van der Waals surface area contributed by atoms with E-state index >= 15 is 0 Å². The van der Waals surface area contributed by atoms with Crippen molar-refractivity contribution in [2.45, 2.75) is 33.1 Å². The number of carbonyl (C=O) groups excluding carboxylic acids is 1. The SMILES string of the molecule is Cc1ccc(NC(=O)CCNc2ccc(N3CCCC3)cc2)cc1C. The molecule has 0 bridgehead atoms. The van der Waals surface area contributed by atoms with Gasteiger partial charge in [-0.05, 0) is 74.2 Å². The molecule has 1 heterocycles. The molecule has 0 atom stereocenters. The molecule has 0 radical (unpaired) electrons. The molecule has 2 aromatic rings. The summed E-state index contributed by atoms with van der Waals surface area (Å²) >= 11 is 0. The summed E-state index contributed by atoms with van der Waals surface area (Å²) in [5.41, 5.74) is 5.63. The van der Waals surface area contributed by atoms with E-state index in [-0.39, 0.29) is 5.91 Å². The zero-order chi connectivity index (χ0) is 17.6. The van der Waals surface area contributed by atoms with Crippen LogP contribution in [0.4, 0.5) is 17.1 Å². The summed E-state index contributed by atoms with van der Waals surface area (Å²) in [7, 11) is 0. The molecule has 1 aliphatic rings. The van der Waals surface area contributed by atoms with Crippen LogP contribution in [0, 0.1) is 13.8 Å². The number of hydrogen-bond acceptors (Lipinski definition) is 3. The summed E-state index contributed by atoms with van der Waals surface area (Å²) in [6, 6.07) is 14.5. The van der Waals surface area contributed by atoms with Crippen LogP contribution >= 0.6 is 0 Å². The maximum atomic E-state index is 12.1. The Morgan fingerprint density at radius 1 is 0.960 bits per heavy atom. The van der Waals surface area contributed by atoms with E-state index in [1.807, 2.05) is 18.2 Å². The van der Waals surface area contributed by atoms with Crippen LogP contribution in [0.3, 0.4) is 0 Å². The van der Waals surface area contributed by atoms with Gasteiger partial charge < -0.3 is 15.5 Å². The molecule has 2 N–H and O–H groups in total. The second-order valence-electron chi connectivity index (χ2n) is 6.77. The summed E-state index contributed by atoms with van der Waals surface area (Å²) in [6.07, 6.45) is 3.02. The van der Waals surface area contributed by atoms with Crippen LogP contribution in [0.1, 0.15) is 30.4 Å². The fourth-order valence-corrected chi connectivity index (χ4v) is 3.13. The van der Waals surface area contributed by atoms with Crippen molar-refractivity contribution in [1.29, 1.82) is 0 Å². The average Bonchev–Trinajstić information content (AvgIpc) is 3.13. The molecule has 0 saturated carbocycles. The predicted octanol–water partition coefficient (Wildman–Crippen LogP) is 4.34. The highest BCUT2D eigenvalue weighted by molar-refractivity contribution is 5.91. The van der Waals surface area contributed by atoms with Gasteiger partial charge in [-0.15, -0.1) is 0 Å². The Bertz CT molecular complexity index is 718.